The average molecular weight is 507 g/mol. The molecule has 4 rings (SSSR count). The summed E-state index contributed by atoms with van der Waals surface area (Å²) in [6, 6.07) is 20.2. The summed E-state index contributed by atoms with van der Waals surface area (Å²) in [5.74, 6) is 0.496. The molecule has 1 aliphatic carbocycles. The van der Waals surface area contributed by atoms with Gasteiger partial charge < -0.3 is 9.15 Å². The molecule has 5 heteroatoms. The Morgan fingerprint density at radius 2 is 1.79 bits per heavy atom. The van der Waals surface area contributed by atoms with Gasteiger partial charge in [-0.2, -0.15) is 0 Å². The number of fused-ring (bicyclic) bond motifs is 2. The molecule has 1 heterocycles. The van der Waals surface area contributed by atoms with E-state index in [1.807, 2.05) is 24.3 Å². The number of alkyl halides is 1. The van der Waals surface area contributed by atoms with E-state index in [4.69, 9.17) is 9.15 Å². The van der Waals surface area contributed by atoms with Crippen LogP contribution in [0.4, 0.5) is 0 Å². The molecule has 0 amide bonds. The minimum Gasteiger partial charge on any atom is -0.462 e. The van der Waals surface area contributed by atoms with Crippen molar-refractivity contribution in [3.8, 4) is 22.5 Å². The molecule has 0 radical (unpaired) electrons. The Bertz CT molecular complexity index is 1330. The van der Waals surface area contributed by atoms with E-state index in [2.05, 4.69) is 77.7 Å². The van der Waals surface area contributed by atoms with Crippen molar-refractivity contribution in [3.63, 3.8) is 0 Å². The molecule has 0 bridgehead atoms. The van der Waals surface area contributed by atoms with E-state index < -0.39 is 0 Å². The SMILES string of the molecule is CC[N+](CC)=c1ccc2c(-c3ccccc3C(=O)OCCCBr)c3ccc(C)cc3oc-2c1. The molecule has 2 aromatic carbocycles. The first-order valence-electron chi connectivity index (χ1n) is 11.4. The van der Waals surface area contributed by atoms with Gasteiger partial charge in [-0.3, -0.25) is 0 Å². The van der Waals surface area contributed by atoms with Crippen LogP contribution in [0.15, 0.2) is 65.1 Å². The van der Waals surface area contributed by atoms with Crippen molar-refractivity contribution in [1.82, 2.24) is 4.58 Å². The third-order valence-corrected chi connectivity index (χ3v) is 6.48. The predicted molar refractivity (Wildman–Crippen MR) is 138 cm³/mol. The van der Waals surface area contributed by atoms with E-state index in [9.17, 15) is 4.79 Å². The second-order valence-electron chi connectivity index (χ2n) is 8.05. The van der Waals surface area contributed by atoms with Crippen LogP contribution in [0.25, 0.3) is 33.4 Å². The molecule has 0 spiro atoms. The lowest BCUT2D eigenvalue weighted by atomic mass is 9.90. The van der Waals surface area contributed by atoms with Crippen molar-refractivity contribution in [3.05, 3.63) is 77.1 Å². The maximum absolute atomic E-state index is 13.0. The van der Waals surface area contributed by atoms with Gasteiger partial charge in [0.15, 0.2) is 0 Å². The lowest BCUT2D eigenvalue weighted by Crippen LogP contribution is -2.29. The van der Waals surface area contributed by atoms with Crippen LogP contribution in [0.2, 0.25) is 0 Å². The van der Waals surface area contributed by atoms with Gasteiger partial charge in [-0.05, 0) is 56.5 Å². The topological polar surface area (TPSA) is 42.5 Å². The van der Waals surface area contributed by atoms with Crippen LogP contribution in [-0.2, 0) is 4.74 Å². The highest BCUT2D eigenvalue weighted by atomic mass is 79.9. The summed E-state index contributed by atoms with van der Waals surface area (Å²) in [7, 11) is 0. The molecular weight excluding hydrogens is 478 g/mol. The van der Waals surface area contributed by atoms with Crippen molar-refractivity contribution in [2.24, 2.45) is 0 Å². The van der Waals surface area contributed by atoms with Gasteiger partial charge in [0.2, 0.25) is 5.36 Å². The molecule has 0 aromatic heterocycles. The number of aryl methyl sites for hydroxylation is 1. The van der Waals surface area contributed by atoms with Crippen LogP contribution in [0, 0.1) is 6.92 Å². The molecule has 0 saturated carbocycles. The summed E-state index contributed by atoms with van der Waals surface area (Å²) < 4.78 is 14.3. The van der Waals surface area contributed by atoms with Crippen LogP contribution < -0.4 is 9.93 Å². The van der Waals surface area contributed by atoms with Gasteiger partial charge in [-0.1, -0.05) is 46.3 Å². The maximum Gasteiger partial charge on any atom is 0.338 e. The number of hydrogen-bond acceptors (Lipinski definition) is 3. The highest BCUT2D eigenvalue weighted by Gasteiger charge is 2.22. The van der Waals surface area contributed by atoms with Gasteiger partial charge in [0.1, 0.15) is 24.4 Å². The Balaban J connectivity index is 2.01. The normalized spacial score (nSPS) is 11.2. The number of rotatable bonds is 7. The van der Waals surface area contributed by atoms with Gasteiger partial charge in [0, 0.05) is 27.9 Å². The van der Waals surface area contributed by atoms with E-state index in [1.165, 1.54) is 0 Å². The number of carbonyl (C=O) groups excluding carboxylic acids is 1. The van der Waals surface area contributed by atoms with Crippen LogP contribution in [-0.4, -0.2) is 31.0 Å². The Hall–Kier alpha value is -2.92. The van der Waals surface area contributed by atoms with Gasteiger partial charge >= 0.3 is 5.97 Å². The van der Waals surface area contributed by atoms with Crippen LogP contribution >= 0.6 is 15.9 Å². The van der Waals surface area contributed by atoms with Gasteiger partial charge in [-0.15, -0.1) is 0 Å². The minimum absolute atomic E-state index is 0.305. The molecule has 4 nitrogen and oxygen atoms in total. The zero-order chi connectivity index (χ0) is 23.4. The zero-order valence-corrected chi connectivity index (χ0v) is 20.9. The van der Waals surface area contributed by atoms with E-state index in [0.29, 0.717) is 12.2 Å². The molecule has 33 heavy (non-hydrogen) atoms. The number of hydrogen-bond donors (Lipinski definition) is 0. The summed E-state index contributed by atoms with van der Waals surface area (Å²) in [6.07, 6.45) is 0.775. The molecule has 170 valence electrons. The highest BCUT2D eigenvalue weighted by molar-refractivity contribution is 9.09. The van der Waals surface area contributed by atoms with Crippen molar-refractivity contribution in [1.29, 1.82) is 0 Å². The second kappa shape index (κ2) is 10.3. The summed E-state index contributed by atoms with van der Waals surface area (Å²) in [5.41, 5.74) is 5.31. The third kappa shape index (κ3) is 4.74. The number of benzene rings is 3. The molecule has 0 atom stereocenters. The van der Waals surface area contributed by atoms with E-state index >= 15 is 0 Å². The molecule has 0 N–H and O–H groups in total. The monoisotopic (exact) mass is 506 g/mol. The predicted octanol–water partition coefficient (Wildman–Crippen LogP) is 6.27. The van der Waals surface area contributed by atoms with Crippen molar-refractivity contribution >= 4 is 32.9 Å². The Labute approximate surface area is 203 Å². The molecule has 2 aromatic rings. The van der Waals surface area contributed by atoms with Crippen molar-refractivity contribution in [2.45, 2.75) is 27.2 Å². The summed E-state index contributed by atoms with van der Waals surface area (Å²) in [6.45, 7) is 8.58. The second-order valence-corrected chi connectivity index (χ2v) is 8.85. The van der Waals surface area contributed by atoms with Gasteiger partial charge in [-0.25, -0.2) is 9.37 Å². The number of nitrogens with zero attached hydrogens (tertiary/aromatic N) is 1. The van der Waals surface area contributed by atoms with E-state index in [1.54, 1.807) is 0 Å². The fourth-order valence-electron chi connectivity index (χ4n) is 4.24. The Morgan fingerprint density at radius 1 is 1.00 bits per heavy atom. The first-order valence-corrected chi connectivity index (χ1v) is 12.6. The van der Waals surface area contributed by atoms with Crippen LogP contribution in [0.1, 0.15) is 36.2 Å². The molecular formula is C28H29BrNO3+. The fraction of sp³-hybridized carbons (Fsp3) is 0.286. The molecule has 0 unspecified atom stereocenters. The highest BCUT2D eigenvalue weighted by Crippen LogP contribution is 2.41. The smallest absolute Gasteiger partial charge is 0.338 e. The van der Waals surface area contributed by atoms with Crippen molar-refractivity contribution in [2.75, 3.05) is 25.0 Å². The molecule has 1 aliphatic heterocycles. The summed E-state index contributed by atoms with van der Waals surface area (Å²) >= 11 is 3.39. The van der Waals surface area contributed by atoms with E-state index in [-0.39, 0.29) is 5.97 Å². The maximum atomic E-state index is 13.0. The first kappa shape index (κ1) is 23.2. The number of ether oxygens (including phenoxy) is 1. The zero-order valence-electron chi connectivity index (χ0n) is 19.4. The lowest BCUT2D eigenvalue weighted by molar-refractivity contribution is 0.0507. The fourth-order valence-corrected chi connectivity index (χ4v) is 4.47. The van der Waals surface area contributed by atoms with Crippen LogP contribution in [0.5, 0.6) is 0 Å². The summed E-state index contributed by atoms with van der Waals surface area (Å²) in [5, 5.41) is 2.90. The minimum atomic E-state index is -0.305. The molecule has 0 saturated heterocycles. The van der Waals surface area contributed by atoms with Crippen molar-refractivity contribution < 1.29 is 13.9 Å². The number of carbonyl (C=O) groups is 1. The number of esters is 1. The van der Waals surface area contributed by atoms with Gasteiger partial charge in [0.25, 0.3) is 0 Å². The Kier molecular flexibility index (Phi) is 7.29. The molecule has 0 fully saturated rings. The molecule has 2 aliphatic rings. The quantitative estimate of drug-likeness (QED) is 0.0974. The third-order valence-electron chi connectivity index (χ3n) is 5.92. The lowest BCUT2D eigenvalue weighted by Gasteiger charge is -2.17. The van der Waals surface area contributed by atoms with E-state index in [0.717, 1.165) is 69.2 Å². The largest absolute Gasteiger partial charge is 0.462 e. The average Bonchev–Trinajstić information content (AvgIpc) is 2.83. The summed E-state index contributed by atoms with van der Waals surface area (Å²) in [4.78, 5) is 13.0. The first-order chi connectivity index (χ1) is 16.1. The standard InChI is InChI=1S/C28H29BrNO3/c1-4-30(5-2)20-12-14-24-26(18-20)33-25-17-19(3)11-13-23(25)27(24)21-9-6-7-10-22(21)28(31)32-16-8-15-29/h6-7,9-14,17-18H,4-5,8,15-16H2,1-3H3/q+1. The number of halogens is 1. The van der Waals surface area contributed by atoms with Gasteiger partial charge in [0.05, 0.1) is 18.2 Å². The van der Waals surface area contributed by atoms with Crippen LogP contribution in [0.3, 0.4) is 0 Å². The Morgan fingerprint density at radius 3 is 2.55 bits per heavy atom.